The molecule has 0 bridgehead atoms. The molecule has 3 N–H and O–H groups in total. The quantitative estimate of drug-likeness (QED) is 0.780. The van der Waals surface area contributed by atoms with Crippen LogP contribution in [0.1, 0.15) is 31.4 Å². The van der Waals surface area contributed by atoms with Crippen LogP contribution in [0.25, 0.3) is 0 Å². The van der Waals surface area contributed by atoms with Gasteiger partial charge in [0.25, 0.3) is 0 Å². The number of hydrogen-bond donors (Lipinski definition) is 2. The number of methoxy groups -OCH3 is 1. The lowest BCUT2D eigenvalue weighted by atomic mass is 9.94. The lowest BCUT2D eigenvalue weighted by molar-refractivity contribution is 0.0313. The molecule has 1 aliphatic rings. The summed E-state index contributed by atoms with van der Waals surface area (Å²) in [6.07, 6.45) is 6.43. The van der Waals surface area contributed by atoms with Crippen molar-refractivity contribution in [1.29, 1.82) is 0 Å². The SMILES string of the molecule is COc1cnc(C)cc1NCCOC1CCC(N)CC1. The Labute approximate surface area is 120 Å². The van der Waals surface area contributed by atoms with Crippen LogP contribution in [-0.4, -0.2) is 37.4 Å². The van der Waals surface area contributed by atoms with Crippen molar-refractivity contribution in [3.05, 3.63) is 18.0 Å². The molecule has 1 fully saturated rings. The van der Waals surface area contributed by atoms with Gasteiger partial charge in [-0.2, -0.15) is 0 Å². The molecule has 20 heavy (non-hydrogen) atoms. The third-order valence-corrected chi connectivity index (χ3v) is 3.71. The van der Waals surface area contributed by atoms with Gasteiger partial charge in [-0.15, -0.1) is 0 Å². The number of hydrogen-bond acceptors (Lipinski definition) is 5. The van der Waals surface area contributed by atoms with E-state index < -0.39 is 0 Å². The molecule has 0 radical (unpaired) electrons. The van der Waals surface area contributed by atoms with Gasteiger partial charge in [-0.1, -0.05) is 0 Å². The van der Waals surface area contributed by atoms with E-state index in [9.17, 15) is 0 Å². The van der Waals surface area contributed by atoms with Gasteiger partial charge in [-0.3, -0.25) is 4.98 Å². The highest BCUT2D eigenvalue weighted by atomic mass is 16.5. The first-order chi connectivity index (χ1) is 9.69. The molecule has 1 aromatic heterocycles. The van der Waals surface area contributed by atoms with Crippen molar-refractivity contribution in [1.82, 2.24) is 4.98 Å². The first-order valence-electron chi connectivity index (χ1n) is 7.30. The molecule has 1 aromatic rings. The van der Waals surface area contributed by atoms with E-state index in [1.54, 1.807) is 13.3 Å². The van der Waals surface area contributed by atoms with Gasteiger partial charge in [0.2, 0.25) is 0 Å². The summed E-state index contributed by atoms with van der Waals surface area (Å²) >= 11 is 0. The molecule has 0 saturated heterocycles. The number of nitrogens with zero attached hydrogens (tertiary/aromatic N) is 1. The number of aromatic nitrogens is 1. The van der Waals surface area contributed by atoms with Crippen molar-refractivity contribution in [3.8, 4) is 5.75 Å². The summed E-state index contributed by atoms with van der Waals surface area (Å²) in [5, 5.41) is 3.34. The first-order valence-corrected chi connectivity index (χ1v) is 7.30. The van der Waals surface area contributed by atoms with Crippen LogP contribution in [0.3, 0.4) is 0 Å². The van der Waals surface area contributed by atoms with Gasteiger partial charge in [-0.25, -0.2) is 0 Å². The summed E-state index contributed by atoms with van der Waals surface area (Å²) < 4.78 is 11.2. The van der Waals surface area contributed by atoms with E-state index in [1.807, 2.05) is 13.0 Å². The zero-order valence-corrected chi connectivity index (χ0v) is 12.4. The first kappa shape index (κ1) is 15.1. The van der Waals surface area contributed by atoms with E-state index >= 15 is 0 Å². The van der Waals surface area contributed by atoms with Crippen LogP contribution in [0.2, 0.25) is 0 Å². The number of nitrogens with one attached hydrogen (secondary N) is 1. The Kier molecular flexibility index (Phi) is 5.61. The number of ether oxygens (including phenoxy) is 2. The van der Waals surface area contributed by atoms with Gasteiger partial charge in [0.1, 0.15) is 0 Å². The monoisotopic (exact) mass is 279 g/mol. The Morgan fingerprint density at radius 2 is 2.10 bits per heavy atom. The molecule has 0 atom stereocenters. The maximum atomic E-state index is 5.89. The predicted molar refractivity (Wildman–Crippen MR) is 80.2 cm³/mol. The van der Waals surface area contributed by atoms with Crippen molar-refractivity contribution in [2.75, 3.05) is 25.6 Å². The summed E-state index contributed by atoms with van der Waals surface area (Å²) in [6, 6.07) is 2.36. The lowest BCUT2D eigenvalue weighted by Crippen LogP contribution is -2.31. The van der Waals surface area contributed by atoms with Gasteiger partial charge < -0.3 is 20.5 Å². The number of anilines is 1. The van der Waals surface area contributed by atoms with Gasteiger partial charge >= 0.3 is 0 Å². The highest BCUT2D eigenvalue weighted by Gasteiger charge is 2.18. The normalized spacial score (nSPS) is 22.6. The zero-order chi connectivity index (χ0) is 14.4. The minimum absolute atomic E-state index is 0.372. The molecule has 1 heterocycles. The standard InChI is InChI=1S/C15H25N3O2/c1-11-9-14(15(19-2)10-18-11)17-7-8-20-13-5-3-12(16)4-6-13/h9-10,12-13H,3-8,16H2,1-2H3,(H,17,18). The van der Waals surface area contributed by atoms with Crippen LogP contribution in [0, 0.1) is 6.92 Å². The van der Waals surface area contributed by atoms with Crippen LogP contribution in [-0.2, 0) is 4.74 Å². The molecule has 0 unspecified atom stereocenters. The molecule has 0 aromatic carbocycles. The molecule has 112 valence electrons. The second kappa shape index (κ2) is 7.45. The maximum Gasteiger partial charge on any atom is 0.160 e. The summed E-state index contributed by atoms with van der Waals surface area (Å²) in [5.41, 5.74) is 7.82. The summed E-state index contributed by atoms with van der Waals surface area (Å²) in [4.78, 5) is 4.21. The number of aryl methyl sites for hydroxylation is 1. The van der Waals surface area contributed by atoms with Crippen LogP contribution in [0.5, 0.6) is 5.75 Å². The van der Waals surface area contributed by atoms with Crippen molar-refractivity contribution in [2.24, 2.45) is 5.73 Å². The Bertz CT molecular complexity index is 418. The van der Waals surface area contributed by atoms with Crippen molar-refractivity contribution < 1.29 is 9.47 Å². The van der Waals surface area contributed by atoms with E-state index in [4.69, 9.17) is 15.2 Å². The second-order valence-corrected chi connectivity index (χ2v) is 5.36. The number of nitrogens with two attached hydrogens (primary N) is 1. The fourth-order valence-electron chi connectivity index (χ4n) is 2.51. The number of rotatable bonds is 6. The van der Waals surface area contributed by atoms with Gasteiger partial charge in [0, 0.05) is 18.3 Å². The molecule has 0 amide bonds. The highest BCUT2D eigenvalue weighted by Crippen LogP contribution is 2.23. The molecule has 2 rings (SSSR count). The summed E-state index contributed by atoms with van der Waals surface area (Å²) in [5.74, 6) is 0.763. The highest BCUT2D eigenvalue weighted by molar-refractivity contribution is 5.55. The minimum atomic E-state index is 0.372. The fourth-order valence-corrected chi connectivity index (χ4v) is 2.51. The third-order valence-electron chi connectivity index (χ3n) is 3.71. The lowest BCUT2D eigenvalue weighted by Gasteiger charge is -2.26. The Morgan fingerprint density at radius 1 is 1.35 bits per heavy atom. The van der Waals surface area contributed by atoms with Gasteiger partial charge in [-0.05, 0) is 38.7 Å². The molecule has 1 aliphatic carbocycles. The van der Waals surface area contributed by atoms with E-state index in [2.05, 4.69) is 10.3 Å². The molecule has 1 saturated carbocycles. The molecule has 0 aliphatic heterocycles. The van der Waals surface area contributed by atoms with E-state index in [-0.39, 0.29) is 0 Å². The minimum Gasteiger partial charge on any atom is -0.493 e. The summed E-state index contributed by atoms with van der Waals surface area (Å²) in [6.45, 7) is 3.43. The van der Waals surface area contributed by atoms with E-state index in [1.165, 1.54) is 0 Å². The Balaban J connectivity index is 1.72. The maximum absolute atomic E-state index is 5.89. The molecule has 5 heteroatoms. The van der Waals surface area contributed by atoms with Crippen molar-refractivity contribution >= 4 is 5.69 Å². The largest absolute Gasteiger partial charge is 0.493 e. The average molecular weight is 279 g/mol. The molecule has 0 spiro atoms. The third kappa shape index (κ3) is 4.35. The molecular formula is C15H25N3O2. The molecular weight excluding hydrogens is 254 g/mol. The van der Waals surface area contributed by atoms with Crippen LogP contribution in [0.4, 0.5) is 5.69 Å². The predicted octanol–water partition coefficient (Wildman–Crippen LogP) is 2.10. The fraction of sp³-hybridized carbons (Fsp3) is 0.667. The average Bonchev–Trinajstić information content (AvgIpc) is 2.46. The van der Waals surface area contributed by atoms with Crippen LogP contribution < -0.4 is 15.8 Å². The van der Waals surface area contributed by atoms with Crippen LogP contribution in [0.15, 0.2) is 12.3 Å². The molecule has 5 nitrogen and oxygen atoms in total. The zero-order valence-electron chi connectivity index (χ0n) is 12.4. The van der Waals surface area contributed by atoms with E-state index in [0.29, 0.717) is 18.8 Å². The van der Waals surface area contributed by atoms with Crippen molar-refractivity contribution in [3.63, 3.8) is 0 Å². The smallest absolute Gasteiger partial charge is 0.160 e. The Hall–Kier alpha value is -1.33. The van der Waals surface area contributed by atoms with E-state index in [0.717, 1.165) is 49.4 Å². The summed E-state index contributed by atoms with van der Waals surface area (Å²) in [7, 11) is 1.65. The number of pyridine rings is 1. The van der Waals surface area contributed by atoms with Crippen LogP contribution >= 0.6 is 0 Å². The van der Waals surface area contributed by atoms with Crippen molar-refractivity contribution in [2.45, 2.75) is 44.8 Å². The van der Waals surface area contributed by atoms with Gasteiger partial charge in [0.05, 0.1) is 31.7 Å². The Morgan fingerprint density at radius 3 is 2.80 bits per heavy atom. The van der Waals surface area contributed by atoms with Gasteiger partial charge in [0.15, 0.2) is 5.75 Å². The topological polar surface area (TPSA) is 69.4 Å². The second-order valence-electron chi connectivity index (χ2n) is 5.36.